The molecule has 2 aromatic rings. The molecule has 0 aliphatic rings. The van der Waals surface area contributed by atoms with Gasteiger partial charge in [0.25, 0.3) is 0 Å². The predicted octanol–water partition coefficient (Wildman–Crippen LogP) is 2.10. The summed E-state index contributed by atoms with van der Waals surface area (Å²) in [5.74, 6) is 40.4. The molecule has 3 heteroatoms. The summed E-state index contributed by atoms with van der Waals surface area (Å²) in [6, 6.07) is 14.5. The van der Waals surface area contributed by atoms with Gasteiger partial charge >= 0.3 is 0 Å². The van der Waals surface area contributed by atoms with Crippen molar-refractivity contribution in [3.05, 3.63) is 60.2 Å². The Labute approximate surface area is 195 Å². The van der Waals surface area contributed by atoms with Crippen molar-refractivity contribution in [2.24, 2.45) is 0 Å². The van der Waals surface area contributed by atoms with E-state index in [-0.39, 0.29) is 0 Å². The molecule has 0 fully saturated rings. The number of aromatic nitrogens is 2. The van der Waals surface area contributed by atoms with Crippen LogP contribution in [0.15, 0.2) is 48.8 Å². The Balaban J connectivity index is 1.94. The van der Waals surface area contributed by atoms with E-state index in [1.807, 2.05) is 41.3 Å². The number of pyridine rings is 2. The molecule has 0 bridgehead atoms. The number of hydrogen-bond donors (Lipinski definition) is 0. The van der Waals surface area contributed by atoms with Crippen molar-refractivity contribution in [3.8, 4) is 107 Å². The molecule has 0 atom stereocenters. The van der Waals surface area contributed by atoms with E-state index in [0.717, 1.165) is 11.4 Å². The van der Waals surface area contributed by atoms with Gasteiger partial charge in [-0.15, -0.1) is 6.42 Å². The molecular weight excluding hydrogens is 402 g/mol. The molecule has 0 aliphatic heterocycles. The molecule has 0 N–H and O–H groups in total. The van der Waals surface area contributed by atoms with Crippen LogP contribution < -0.4 is 0 Å². The Morgan fingerprint density at radius 3 is 1.30 bits per heavy atom. The van der Waals surface area contributed by atoms with Gasteiger partial charge in [0.1, 0.15) is 0 Å². The van der Waals surface area contributed by atoms with Crippen molar-refractivity contribution in [1.29, 1.82) is 0 Å². The van der Waals surface area contributed by atoms with Gasteiger partial charge in [-0.2, -0.15) is 0 Å². The molecule has 0 aliphatic carbocycles. The van der Waals surface area contributed by atoms with E-state index in [1.54, 1.807) is 12.4 Å². The zero-order valence-corrected chi connectivity index (χ0v) is 17.5. The Morgan fingerprint density at radius 2 is 0.939 bits per heavy atom. The minimum absolute atomic E-state index is 0.550. The monoisotopic (exact) mass is 415 g/mol. The van der Waals surface area contributed by atoms with Crippen LogP contribution >= 0.6 is 0 Å². The van der Waals surface area contributed by atoms with Crippen molar-refractivity contribution >= 4 is 0 Å². The summed E-state index contributed by atoms with van der Waals surface area (Å²) in [5, 5.41) is 0. The van der Waals surface area contributed by atoms with E-state index in [2.05, 4.69) is 111 Å². The third-order valence-electron chi connectivity index (χ3n) is 3.32. The van der Waals surface area contributed by atoms with Gasteiger partial charge < -0.3 is 4.90 Å². The maximum atomic E-state index is 4.95. The lowest BCUT2D eigenvalue weighted by Crippen LogP contribution is -2.18. The number of hydrogen-bond acceptors (Lipinski definition) is 3. The number of rotatable bonds is 4. The molecule has 2 aromatic heterocycles. The summed E-state index contributed by atoms with van der Waals surface area (Å²) in [6.45, 7) is 1.10. The van der Waals surface area contributed by atoms with E-state index in [4.69, 9.17) is 6.42 Å². The highest BCUT2D eigenvalue weighted by atomic mass is 15.1. The lowest BCUT2D eigenvalue weighted by atomic mass is 10.3. The van der Waals surface area contributed by atoms with Crippen LogP contribution in [-0.2, 0) is 13.1 Å². The molecule has 0 aromatic carbocycles. The molecule has 2 rings (SSSR count). The zero-order chi connectivity index (χ0) is 23.2. The average Bonchev–Trinajstić information content (AvgIpc) is 2.85. The Morgan fingerprint density at radius 1 is 0.545 bits per heavy atom. The van der Waals surface area contributed by atoms with E-state index in [1.165, 1.54) is 0 Å². The molecule has 0 saturated heterocycles. The van der Waals surface area contributed by atoms with Crippen LogP contribution in [0.2, 0.25) is 0 Å². The van der Waals surface area contributed by atoms with Crippen LogP contribution in [0.3, 0.4) is 0 Å². The molecule has 0 radical (unpaired) electrons. The van der Waals surface area contributed by atoms with Crippen molar-refractivity contribution in [1.82, 2.24) is 14.9 Å². The van der Waals surface area contributed by atoms with Crippen molar-refractivity contribution < 1.29 is 0 Å². The normalized spacial score (nSPS) is 6.88. The first-order valence-electron chi connectivity index (χ1n) is 9.39. The lowest BCUT2D eigenvalue weighted by molar-refractivity contribution is 0.375. The van der Waals surface area contributed by atoms with Gasteiger partial charge in [0.2, 0.25) is 0 Å². The van der Waals surface area contributed by atoms with E-state index in [0.29, 0.717) is 13.1 Å². The predicted molar refractivity (Wildman–Crippen MR) is 129 cm³/mol. The fraction of sp³-hybridized carbons (Fsp3) is 0.0667. The molecule has 0 spiro atoms. The molecule has 33 heavy (non-hydrogen) atoms. The van der Waals surface area contributed by atoms with Gasteiger partial charge in [-0.05, 0) is 71.6 Å². The van der Waals surface area contributed by atoms with Crippen LogP contribution in [0.5, 0.6) is 0 Å². The lowest BCUT2D eigenvalue weighted by Gasteiger charge is -2.16. The summed E-state index contributed by atoms with van der Waals surface area (Å²) in [5.41, 5.74) is 1.81. The van der Waals surface area contributed by atoms with Crippen LogP contribution in [0.4, 0.5) is 0 Å². The Hall–Kier alpha value is -5.86. The fourth-order valence-electron chi connectivity index (χ4n) is 2.06. The minimum Gasteiger partial charge on any atom is -0.320 e. The standard InChI is InChI=1S/C30H13N3/c1-2-3-4-5-6-7-8-9-10-11-12-13-14-15-16-21-26-33(27-29-22-17-19-24-31-29)28-30-23-18-20-25-32-30/h1,17-20,22-25H,27-28H2. The molecule has 3 nitrogen and oxygen atoms in total. The molecule has 0 amide bonds. The number of nitrogens with zero attached hydrogens (tertiary/aromatic N) is 3. The van der Waals surface area contributed by atoms with Crippen molar-refractivity contribution in [3.63, 3.8) is 0 Å². The van der Waals surface area contributed by atoms with Crippen LogP contribution in [0.25, 0.3) is 0 Å². The van der Waals surface area contributed by atoms with Crippen LogP contribution in [0.1, 0.15) is 11.4 Å². The highest BCUT2D eigenvalue weighted by Crippen LogP contribution is 2.05. The largest absolute Gasteiger partial charge is 0.320 e. The molecule has 2 heterocycles. The van der Waals surface area contributed by atoms with Crippen LogP contribution in [0, 0.1) is 107 Å². The van der Waals surface area contributed by atoms with Gasteiger partial charge in [-0.3, -0.25) is 9.97 Å². The smallest absolute Gasteiger partial charge is 0.0688 e. The Bertz CT molecular complexity index is 1460. The second-order valence-electron chi connectivity index (χ2n) is 5.63. The summed E-state index contributed by atoms with van der Waals surface area (Å²) >= 11 is 0. The summed E-state index contributed by atoms with van der Waals surface area (Å²) < 4.78 is 0. The molecule has 0 saturated carbocycles. The third-order valence-corrected chi connectivity index (χ3v) is 3.32. The SMILES string of the molecule is C#CC#CC#CC#CC#CC#CC#CC#CC#CN(Cc1ccccn1)Cc1ccccn1. The first kappa shape index (κ1) is 23.4. The third kappa shape index (κ3) is 11.7. The van der Waals surface area contributed by atoms with Crippen molar-refractivity contribution in [2.45, 2.75) is 13.1 Å². The van der Waals surface area contributed by atoms with Gasteiger partial charge in [0.15, 0.2) is 0 Å². The molecule has 148 valence electrons. The van der Waals surface area contributed by atoms with E-state index >= 15 is 0 Å². The average molecular weight is 415 g/mol. The van der Waals surface area contributed by atoms with Crippen LogP contribution in [-0.4, -0.2) is 14.9 Å². The topological polar surface area (TPSA) is 29.0 Å². The first-order chi connectivity index (χ1) is 16.4. The maximum Gasteiger partial charge on any atom is 0.0688 e. The second kappa shape index (κ2) is 16.0. The zero-order valence-electron chi connectivity index (χ0n) is 17.5. The van der Waals surface area contributed by atoms with E-state index < -0.39 is 0 Å². The quantitative estimate of drug-likeness (QED) is 0.566. The summed E-state index contributed by atoms with van der Waals surface area (Å²) in [7, 11) is 0. The highest BCUT2D eigenvalue weighted by Gasteiger charge is 2.04. The molecular formula is C30H13N3. The fourth-order valence-corrected chi connectivity index (χ4v) is 2.06. The Kier molecular flexibility index (Phi) is 11.4. The first-order valence-corrected chi connectivity index (χ1v) is 9.39. The van der Waals surface area contributed by atoms with Gasteiger partial charge in [0, 0.05) is 65.8 Å². The van der Waals surface area contributed by atoms with Crippen molar-refractivity contribution in [2.75, 3.05) is 0 Å². The summed E-state index contributed by atoms with van der Waals surface area (Å²) in [4.78, 5) is 10.6. The maximum absolute atomic E-state index is 4.95. The van der Waals surface area contributed by atoms with Gasteiger partial charge in [-0.1, -0.05) is 12.1 Å². The second-order valence-corrected chi connectivity index (χ2v) is 5.63. The van der Waals surface area contributed by atoms with Gasteiger partial charge in [0.05, 0.1) is 24.5 Å². The molecule has 0 unspecified atom stereocenters. The minimum atomic E-state index is 0.550. The highest BCUT2D eigenvalue weighted by molar-refractivity contribution is 5.46. The van der Waals surface area contributed by atoms with E-state index in [9.17, 15) is 0 Å². The summed E-state index contributed by atoms with van der Waals surface area (Å²) in [6.07, 6.45) is 8.45. The van der Waals surface area contributed by atoms with Gasteiger partial charge in [-0.25, -0.2) is 0 Å². The number of terminal acetylenes is 1.